The molecule has 0 aliphatic rings. The third-order valence-corrected chi connectivity index (χ3v) is 8.11. The van der Waals surface area contributed by atoms with E-state index in [0.717, 1.165) is 10.9 Å². The number of fused-ring (bicyclic) bond motifs is 1. The molecule has 0 saturated heterocycles. The van der Waals surface area contributed by atoms with Crippen molar-refractivity contribution >= 4 is 30.9 Å². The number of carboxylic acids is 1. The summed E-state index contributed by atoms with van der Waals surface area (Å²) in [5, 5.41) is 9.71. The highest BCUT2D eigenvalue weighted by atomic mass is 28.3. The Morgan fingerprint density at radius 1 is 1.07 bits per heavy atom. The van der Waals surface area contributed by atoms with Crippen LogP contribution in [0.5, 0.6) is 5.75 Å². The molecule has 2 aromatic carbocycles. The number of carbonyl (C=O) groups is 1. The van der Waals surface area contributed by atoms with Crippen LogP contribution in [0.2, 0.25) is 25.7 Å². The van der Waals surface area contributed by atoms with Crippen LogP contribution in [0.15, 0.2) is 65.7 Å². The summed E-state index contributed by atoms with van der Waals surface area (Å²) in [6, 6.07) is 13.1. The minimum Gasteiger partial charge on any atom is -0.497 e. The molecule has 0 atom stereocenters. The number of ether oxygens (including phenoxy) is 2. The van der Waals surface area contributed by atoms with E-state index in [1.165, 1.54) is 48.3 Å². The molecule has 0 amide bonds. The fourth-order valence-corrected chi connectivity index (χ4v) is 4.92. The molecule has 0 unspecified atom stereocenters. The standard InChI is InChI=1S/C29H31F3N4O5Si/c1-40-23-11-9-22(10-12-23)36-16-21-15-33-28(35(17-29(30,31)32)18-41-13-14-42(2,3)4)34-25(21)24(26(36)37)19-5-7-20(8-6-19)27(38)39/h5-12,15-16H,13-14,17-18H2,1-4H3,(H,38,39). The number of carboxylic acid groups (broad SMARTS) is 1. The summed E-state index contributed by atoms with van der Waals surface area (Å²) >= 11 is 0. The molecule has 0 saturated carbocycles. The molecule has 2 aromatic heterocycles. The molecule has 0 radical (unpaired) electrons. The van der Waals surface area contributed by atoms with Crippen molar-refractivity contribution in [3.8, 4) is 22.6 Å². The smallest absolute Gasteiger partial charge is 0.406 e. The van der Waals surface area contributed by atoms with Crippen LogP contribution < -0.4 is 15.2 Å². The molecule has 2 heterocycles. The summed E-state index contributed by atoms with van der Waals surface area (Å²) in [5.41, 5.74) is 0.550. The van der Waals surface area contributed by atoms with Gasteiger partial charge in [0.05, 0.1) is 23.8 Å². The van der Waals surface area contributed by atoms with Crippen molar-refractivity contribution in [3.63, 3.8) is 0 Å². The number of rotatable bonds is 11. The van der Waals surface area contributed by atoms with Gasteiger partial charge in [0, 0.05) is 38.1 Å². The maximum Gasteiger partial charge on any atom is 0.406 e. The summed E-state index contributed by atoms with van der Waals surface area (Å²) in [4.78, 5) is 34.9. The summed E-state index contributed by atoms with van der Waals surface area (Å²) in [6.45, 7) is 4.97. The Bertz CT molecular complexity index is 1620. The molecule has 0 spiro atoms. The van der Waals surface area contributed by atoms with E-state index in [2.05, 4.69) is 29.6 Å². The van der Waals surface area contributed by atoms with Crippen LogP contribution in [-0.2, 0) is 4.74 Å². The van der Waals surface area contributed by atoms with E-state index in [9.17, 15) is 27.9 Å². The van der Waals surface area contributed by atoms with Crippen molar-refractivity contribution in [2.45, 2.75) is 31.9 Å². The van der Waals surface area contributed by atoms with E-state index >= 15 is 0 Å². The van der Waals surface area contributed by atoms with Crippen molar-refractivity contribution in [1.29, 1.82) is 0 Å². The van der Waals surface area contributed by atoms with Crippen molar-refractivity contribution in [3.05, 3.63) is 76.8 Å². The molecule has 0 aliphatic carbocycles. The van der Waals surface area contributed by atoms with E-state index in [4.69, 9.17) is 9.47 Å². The van der Waals surface area contributed by atoms with E-state index < -0.39 is 32.3 Å². The lowest BCUT2D eigenvalue weighted by Crippen LogP contribution is -2.37. The van der Waals surface area contributed by atoms with Gasteiger partial charge in [0.2, 0.25) is 5.95 Å². The molecular formula is C29H31F3N4O5Si. The van der Waals surface area contributed by atoms with Gasteiger partial charge in [-0.05, 0) is 48.0 Å². The normalized spacial score (nSPS) is 12.0. The summed E-state index contributed by atoms with van der Waals surface area (Å²) in [6.07, 6.45) is -1.69. The first-order valence-electron chi connectivity index (χ1n) is 13.1. The Morgan fingerprint density at radius 2 is 1.74 bits per heavy atom. The van der Waals surface area contributed by atoms with Gasteiger partial charge in [-0.25, -0.2) is 14.8 Å². The fourth-order valence-electron chi connectivity index (χ4n) is 4.17. The molecule has 0 fully saturated rings. The number of nitrogens with zero attached hydrogens (tertiary/aromatic N) is 4. The van der Waals surface area contributed by atoms with E-state index in [1.54, 1.807) is 24.3 Å². The molecule has 42 heavy (non-hydrogen) atoms. The lowest BCUT2D eigenvalue weighted by molar-refractivity contribution is -0.122. The topological polar surface area (TPSA) is 107 Å². The first-order chi connectivity index (χ1) is 19.8. The van der Waals surface area contributed by atoms with E-state index in [1.807, 2.05) is 0 Å². The number of hydrogen-bond donors (Lipinski definition) is 1. The Morgan fingerprint density at radius 3 is 2.31 bits per heavy atom. The van der Waals surface area contributed by atoms with Gasteiger partial charge >= 0.3 is 12.1 Å². The van der Waals surface area contributed by atoms with Gasteiger partial charge in [-0.2, -0.15) is 13.2 Å². The summed E-state index contributed by atoms with van der Waals surface area (Å²) in [5.74, 6) is -0.809. The number of methoxy groups -OCH3 is 1. The van der Waals surface area contributed by atoms with Crippen molar-refractivity contribution in [2.24, 2.45) is 0 Å². The highest BCUT2D eigenvalue weighted by Gasteiger charge is 2.32. The second kappa shape index (κ2) is 12.3. The van der Waals surface area contributed by atoms with Crippen LogP contribution in [0.25, 0.3) is 27.7 Å². The zero-order valence-electron chi connectivity index (χ0n) is 23.6. The second-order valence-corrected chi connectivity index (χ2v) is 16.5. The first kappa shape index (κ1) is 30.7. The van der Waals surface area contributed by atoms with Gasteiger partial charge in [0.15, 0.2) is 0 Å². The Balaban J connectivity index is 1.86. The Hall–Kier alpha value is -4.23. The maximum absolute atomic E-state index is 13.9. The first-order valence-corrected chi connectivity index (χ1v) is 16.8. The SMILES string of the molecule is COc1ccc(-n2cc3cnc(N(COCC[Si](C)(C)C)CC(F)(F)F)nc3c(-c3ccc(C(=O)O)cc3)c2=O)cc1. The van der Waals surface area contributed by atoms with Gasteiger partial charge in [0.1, 0.15) is 19.0 Å². The highest BCUT2D eigenvalue weighted by molar-refractivity contribution is 6.76. The van der Waals surface area contributed by atoms with E-state index in [-0.39, 0.29) is 29.3 Å². The summed E-state index contributed by atoms with van der Waals surface area (Å²) in [7, 11) is 0.0475. The third kappa shape index (κ3) is 7.53. The zero-order chi connectivity index (χ0) is 30.7. The number of aromatic nitrogens is 3. The average molecular weight is 601 g/mol. The molecule has 222 valence electrons. The van der Waals surface area contributed by atoms with Crippen molar-refractivity contribution < 1.29 is 32.5 Å². The van der Waals surface area contributed by atoms with Gasteiger partial charge in [0.25, 0.3) is 5.56 Å². The lowest BCUT2D eigenvalue weighted by atomic mass is 10.0. The quantitative estimate of drug-likeness (QED) is 0.130. The van der Waals surface area contributed by atoms with Gasteiger partial charge in [-0.3, -0.25) is 9.36 Å². The molecule has 1 N–H and O–H groups in total. The van der Waals surface area contributed by atoms with Crippen LogP contribution in [-0.4, -0.2) is 66.9 Å². The van der Waals surface area contributed by atoms with Crippen LogP contribution in [0.3, 0.4) is 0 Å². The van der Waals surface area contributed by atoms with Crippen LogP contribution >= 0.6 is 0 Å². The largest absolute Gasteiger partial charge is 0.497 e. The van der Waals surface area contributed by atoms with Crippen LogP contribution in [0, 0.1) is 0 Å². The number of anilines is 1. The predicted octanol–water partition coefficient (Wildman–Crippen LogP) is 5.84. The van der Waals surface area contributed by atoms with Gasteiger partial charge in [-0.1, -0.05) is 31.8 Å². The van der Waals surface area contributed by atoms with Crippen LogP contribution in [0.4, 0.5) is 19.1 Å². The molecule has 4 rings (SSSR count). The van der Waals surface area contributed by atoms with Crippen molar-refractivity contribution in [2.75, 3.05) is 31.9 Å². The van der Waals surface area contributed by atoms with Gasteiger partial charge < -0.3 is 19.5 Å². The van der Waals surface area contributed by atoms with E-state index in [0.29, 0.717) is 29.0 Å². The molecule has 0 bridgehead atoms. The number of benzene rings is 2. The minimum atomic E-state index is -4.56. The Kier molecular flexibility index (Phi) is 9.02. The monoisotopic (exact) mass is 600 g/mol. The number of aromatic carboxylic acids is 1. The highest BCUT2D eigenvalue weighted by Crippen LogP contribution is 2.28. The zero-order valence-corrected chi connectivity index (χ0v) is 24.6. The number of pyridine rings is 1. The fraction of sp³-hybridized carbons (Fsp3) is 0.310. The molecule has 0 aliphatic heterocycles. The summed E-state index contributed by atoms with van der Waals surface area (Å²) < 4.78 is 52.8. The molecule has 9 nitrogen and oxygen atoms in total. The van der Waals surface area contributed by atoms with Gasteiger partial charge in [-0.15, -0.1) is 0 Å². The maximum atomic E-state index is 13.9. The predicted molar refractivity (Wildman–Crippen MR) is 156 cm³/mol. The average Bonchev–Trinajstić information content (AvgIpc) is 2.93. The number of halogens is 3. The third-order valence-electron chi connectivity index (χ3n) is 6.41. The molecular weight excluding hydrogens is 569 g/mol. The molecule has 13 heteroatoms. The Labute approximate surface area is 241 Å². The molecule has 4 aromatic rings. The number of alkyl halides is 3. The minimum absolute atomic E-state index is 0.0107. The van der Waals surface area contributed by atoms with Crippen molar-refractivity contribution in [1.82, 2.24) is 14.5 Å². The number of hydrogen-bond acceptors (Lipinski definition) is 7. The second-order valence-electron chi connectivity index (χ2n) is 10.9. The van der Waals surface area contributed by atoms with Crippen LogP contribution in [0.1, 0.15) is 10.4 Å². The lowest BCUT2D eigenvalue weighted by Gasteiger charge is -2.25.